The van der Waals surface area contributed by atoms with Crippen molar-refractivity contribution in [2.24, 2.45) is 5.73 Å². The summed E-state index contributed by atoms with van der Waals surface area (Å²) in [6.07, 6.45) is 2.03. The van der Waals surface area contributed by atoms with Crippen LogP contribution in [0.2, 0.25) is 0 Å². The molecule has 3 N–H and O–H groups in total. The van der Waals surface area contributed by atoms with Gasteiger partial charge in [-0.15, -0.1) is 0 Å². The Morgan fingerprint density at radius 2 is 2.33 bits per heavy atom. The summed E-state index contributed by atoms with van der Waals surface area (Å²) in [6.45, 7) is 4.24. The molecule has 0 radical (unpaired) electrons. The normalized spacial score (nSPS) is 19.7. The van der Waals surface area contributed by atoms with Crippen LogP contribution in [0.1, 0.15) is 31.4 Å². The molecule has 1 aliphatic heterocycles. The molecule has 0 aromatic carbocycles. The Hall–Kier alpha value is -0.910. The lowest BCUT2D eigenvalue weighted by atomic mass is 10.0. The Bertz CT molecular complexity index is 372. The molecule has 1 fully saturated rings. The molecule has 0 aliphatic carbocycles. The highest BCUT2D eigenvalue weighted by Crippen LogP contribution is 2.25. The molecule has 2 rings (SSSR count). The second-order valence-corrected chi connectivity index (χ2v) is 5.60. The van der Waals surface area contributed by atoms with Gasteiger partial charge >= 0.3 is 0 Å². The Morgan fingerprint density at radius 3 is 2.83 bits per heavy atom. The first-order chi connectivity index (χ1) is 8.70. The summed E-state index contributed by atoms with van der Waals surface area (Å²) in [5, 5.41) is 7.28. The Balaban J connectivity index is 1.90. The van der Waals surface area contributed by atoms with Gasteiger partial charge in [0.05, 0.1) is 0 Å². The molecule has 1 atom stereocenters. The van der Waals surface area contributed by atoms with Crippen LogP contribution in [0.5, 0.6) is 0 Å². The third kappa shape index (κ3) is 3.31. The van der Waals surface area contributed by atoms with Crippen molar-refractivity contribution >= 4 is 17.2 Å². The number of nitrogens with zero attached hydrogens (tertiary/aromatic N) is 1. The molecule has 1 aliphatic rings. The van der Waals surface area contributed by atoms with Crippen molar-refractivity contribution in [1.82, 2.24) is 10.2 Å². The third-order valence-electron chi connectivity index (χ3n) is 3.53. The summed E-state index contributed by atoms with van der Waals surface area (Å²) in [4.78, 5) is 13.5. The van der Waals surface area contributed by atoms with E-state index in [4.69, 9.17) is 5.73 Å². The first-order valence-electron chi connectivity index (χ1n) is 6.44. The number of carbonyl (C=O) groups excluding carboxylic acids is 1. The van der Waals surface area contributed by atoms with Crippen molar-refractivity contribution in [2.45, 2.75) is 31.8 Å². The van der Waals surface area contributed by atoms with Crippen molar-refractivity contribution in [2.75, 3.05) is 19.6 Å². The van der Waals surface area contributed by atoms with Gasteiger partial charge in [-0.2, -0.15) is 11.3 Å². The lowest BCUT2D eigenvalue weighted by Gasteiger charge is -2.37. The average Bonchev–Trinajstić information content (AvgIpc) is 2.85. The van der Waals surface area contributed by atoms with Crippen LogP contribution in [0.4, 0.5) is 0 Å². The Kier molecular flexibility index (Phi) is 4.74. The smallest absolute Gasteiger partial charge is 0.217 e. The SMILES string of the molecule is CC(=O)NC1CCN(C(CN)c2ccsc2)CC1. The molecule has 0 saturated carbocycles. The maximum atomic E-state index is 11.0. The van der Waals surface area contributed by atoms with E-state index in [2.05, 4.69) is 27.0 Å². The van der Waals surface area contributed by atoms with Crippen LogP contribution in [0.3, 0.4) is 0 Å². The minimum absolute atomic E-state index is 0.0710. The number of amides is 1. The number of hydrogen-bond acceptors (Lipinski definition) is 4. The molecule has 1 unspecified atom stereocenters. The van der Waals surface area contributed by atoms with Gasteiger partial charge in [0.2, 0.25) is 5.91 Å². The van der Waals surface area contributed by atoms with E-state index in [0.29, 0.717) is 18.6 Å². The second kappa shape index (κ2) is 6.31. The molecule has 18 heavy (non-hydrogen) atoms. The van der Waals surface area contributed by atoms with Crippen molar-refractivity contribution in [3.63, 3.8) is 0 Å². The van der Waals surface area contributed by atoms with Gasteiger partial charge in [0.25, 0.3) is 0 Å². The molecular formula is C13H21N3OS. The minimum Gasteiger partial charge on any atom is -0.354 e. The van der Waals surface area contributed by atoms with E-state index in [1.807, 2.05) is 0 Å². The van der Waals surface area contributed by atoms with Crippen LogP contribution < -0.4 is 11.1 Å². The highest BCUT2D eigenvalue weighted by molar-refractivity contribution is 7.07. The standard InChI is InChI=1S/C13H21N3OS/c1-10(17)15-12-2-5-16(6-3-12)13(8-14)11-4-7-18-9-11/h4,7,9,12-13H,2-3,5-6,8,14H2,1H3,(H,15,17). The lowest BCUT2D eigenvalue weighted by molar-refractivity contribution is -0.120. The molecule has 2 heterocycles. The number of carbonyl (C=O) groups is 1. The third-order valence-corrected chi connectivity index (χ3v) is 4.23. The zero-order valence-electron chi connectivity index (χ0n) is 10.8. The Labute approximate surface area is 112 Å². The number of nitrogens with two attached hydrogens (primary N) is 1. The van der Waals surface area contributed by atoms with Crippen molar-refractivity contribution in [3.8, 4) is 0 Å². The van der Waals surface area contributed by atoms with Gasteiger partial charge in [0, 0.05) is 38.6 Å². The molecule has 1 amide bonds. The van der Waals surface area contributed by atoms with E-state index in [9.17, 15) is 4.79 Å². The van der Waals surface area contributed by atoms with Crippen LogP contribution in [0.25, 0.3) is 0 Å². The first-order valence-corrected chi connectivity index (χ1v) is 7.38. The van der Waals surface area contributed by atoms with E-state index in [1.165, 1.54) is 5.56 Å². The molecule has 1 aromatic heterocycles. The highest BCUT2D eigenvalue weighted by Gasteiger charge is 2.25. The average molecular weight is 267 g/mol. The van der Waals surface area contributed by atoms with E-state index >= 15 is 0 Å². The van der Waals surface area contributed by atoms with Gasteiger partial charge < -0.3 is 11.1 Å². The summed E-state index contributed by atoms with van der Waals surface area (Å²) in [7, 11) is 0. The highest BCUT2D eigenvalue weighted by atomic mass is 32.1. The fourth-order valence-electron chi connectivity index (χ4n) is 2.60. The molecular weight excluding hydrogens is 246 g/mol. The molecule has 0 spiro atoms. The summed E-state index contributed by atoms with van der Waals surface area (Å²) in [5.41, 5.74) is 7.22. The van der Waals surface area contributed by atoms with Crippen molar-refractivity contribution in [3.05, 3.63) is 22.4 Å². The van der Waals surface area contributed by atoms with Crippen LogP contribution in [0.15, 0.2) is 16.8 Å². The monoisotopic (exact) mass is 267 g/mol. The van der Waals surface area contributed by atoms with Crippen LogP contribution in [0, 0.1) is 0 Å². The topological polar surface area (TPSA) is 58.4 Å². The fraction of sp³-hybridized carbons (Fsp3) is 0.615. The maximum Gasteiger partial charge on any atom is 0.217 e. The van der Waals surface area contributed by atoms with Crippen LogP contribution in [-0.4, -0.2) is 36.5 Å². The number of likely N-dealkylation sites (tertiary alicyclic amines) is 1. The van der Waals surface area contributed by atoms with E-state index in [1.54, 1.807) is 18.3 Å². The molecule has 1 aromatic rings. The summed E-state index contributed by atoms with van der Waals surface area (Å²) >= 11 is 1.72. The number of hydrogen-bond donors (Lipinski definition) is 2. The molecule has 4 nitrogen and oxygen atoms in total. The number of rotatable bonds is 4. The molecule has 0 bridgehead atoms. The predicted octanol–water partition coefficient (Wildman–Crippen LogP) is 1.35. The van der Waals surface area contributed by atoms with Gasteiger partial charge in [-0.1, -0.05) is 0 Å². The maximum absolute atomic E-state index is 11.0. The summed E-state index contributed by atoms with van der Waals surface area (Å²) in [6, 6.07) is 2.82. The van der Waals surface area contributed by atoms with Crippen molar-refractivity contribution in [1.29, 1.82) is 0 Å². The fourth-order valence-corrected chi connectivity index (χ4v) is 3.31. The molecule has 1 saturated heterocycles. The van der Waals surface area contributed by atoms with Crippen LogP contribution in [-0.2, 0) is 4.79 Å². The van der Waals surface area contributed by atoms with Crippen molar-refractivity contribution < 1.29 is 4.79 Å². The van der Waals surface area contributed by atoms with E-state index in [0.717, 1.165) is 25.9 Å². The summed E-state index contributed by atoms with van der Waals surface area (Å²) in [5.74, 6) is 0.0710. The molecule has 5 heteroatoms. The van der Waals surface area contributed by atoms with E-state index in [-0.39, 0.29) is 5.91 Å². The van der Waals surface area contributed by atoms with Gasteiger partial charge in [-0.25, -0.2) is 0 Å². The van der Waals surface area contributed by atoms with Gasteiger partial charge in [-0.05, 0) is 35.2 Å². The zero-order valence-corrected chi connectivity index (χ0v) is 11.6. The lowest BCUT2D eigenvalue weighted by Crippen LogP contribution is -2.46. The summed E-state index contributed by atoms with van der Waals surface area (Å²) < 4.78 is 0. The number of nitrogens with one attached hydrogen (secondary N) is 1. The molecule has 100 valence electrons. The quantitative estimate of drug-likeness (QED) is 0.866. The van der Waals surface area contributed by atoms with Gasteiger partial charge in [-0.3, -0.25) is 9.69 Å². The first kappa shape index (κ1) is 13.5. The van der Waals surface area contributed by atoms with Crippen LogP contribution >= 0.6 is 11.3 Å². The number of piperidine rings is 1. The predicted molar refractivity (Wildman–Crippen MR) is 74.5 cm³/mol. The largest absolute Gasteiger partial charge is 0.354 e. The van der Waals surface area contributed by atoms with Gasteiger partial charge in [0.1, 0.15) is 0 Å². The van der Waals surface area contributed by atoms with Gasteiger partial charge in [0.15, 0.2) is 0 Å². The second-order valence-electron chi connectivity index (χ2n) is 4.82. The van der Waals surface area contributed by atoms with E-state index < -0.39 is 0 Å². The zero-order chi connectivity index (χ0) is 13.0. The number of thiophene rings is 1. The minimum atomic E-state index is 0.0710. The Morgan fingerprint density at radius 1 is 1.61 bits per heavy atom.